The molecule has 176 valence electrons. The first-order valence-corrected chi connectivity index (χ1v) is 13.1. The second-order valence-corrected chi connectivity index (χ2v) is 10.8. The molecule has 1 aliphatic carbocycles. The van der Waals surface area contributed by atoms with Gasteiger partial charge in [0.15, 0.2) is 20.5 Å². The molecule has 0 amide bonds. The molecule has 0 bridgehead atoms. The Morgan fingerprint density at radius 1 is 1.12 bits per heavy atom. The highest BCUT2D eigenvalue weighted by Gasteiger charge is 2.27. The Balaban J connectivity index is 1.35. The fourth-order valence-corrected chi connectivity index (χ4v) is 5.01. The molecule has 0 atom stereocenters. The summed E-state index contributed by atoms with van der Waals surface area (Å²) in [6.45, 7) is 2.89. The van der Waals surface area contributed by atoms with Crippen LogP contribution in [0.3, 0.4) is 0 Å². The van der Waals surface area contributed by atoms with Gasteiger partial charge in [0.2, 0.25) is 5.95 Å². The maximum Gasteiger partial charge on any atom is 0.231 e. The molecule has 5 rings (SSSR count). The third-order valence-corrected chi connectivity index (χ3v) is 7.16. The summed E-state index contributed by atoms with van der Waals surface area (Å²) < 4.78 is 29.6. The van der Waals surface area contributed by atoms with Crippen LogP contribution in [0.1, 0.15) is 25.7 Å². The first kappa shape index (κ1) is 21.9. The normalized spacial score (nSPS) is 17.5. The van der Waals surface area contributed by atoms with E-state index >= 15 is 0 Å². The lowest BCUT2D eigenvalue weighted by Crippen LogP contribution is -2.34. The third-order valence-electron chi connectivity index (χ3n) is 6.16. The number of ether oxygens (including phenoxy) is 1. The third kappa shape index (κ3) is 4.88. The van der Waals surface area contributed by atoms with E-state index in [0.29, 0.717) is 34.8 Å². The minimum absolute atomic E-state index is 0.0363. The number of benzene rings is 1. The largest absolute Gasteiger partial charge is 0.384 e. The summed E-state index contributed by atoms with van der Waals surface area (Å²) in [6.07, 6.45) is 5.47. The Morgan fingerprint density at radius 2 is 1.85 bits per heavy atom. The highest BCUT2D eigenvalue weighted by molar-refractivity contribution is 7.90. The number of methoxy groups -OCH3 is 1. The number of sulfone groups is 1. The Hall–Kier alpha value is -2.92. The maximum absolute atomic E-state index is 12.2. The fourth-order valence-electron chi connectivity index (χ4n) is 4.23. The second-order valence-electron chi connectivity index (χ2n) is 8.90. The second kappa shape index (κ2) is 8.79. The van der Waals surface area contributed by atoms with Crippen molar-refractivity contribution in [2.24, 2.45) is 5.92 Å². The predicted molar refractivity (Wildman–Crippen MR) is 128 cm³/mol. The highest BCUT2D eigenvalue weighted by Crippen LogP contribution is 2.32. The van der Waals surface area contributed by atoms with Crippen LogP contribution in [0, 0.1) is 5.92 Å². The van der Waals surface area contributed by atoms with Crippen molar-refractivity contribution in [2.45, 2.75) is 36.8 Å². The van der Waals surface area contributed by atoms with Crippen LogP contribution >= 0.6 is 0 Å². The van der Waals surface area contributed by atoms with Crippen molar-refractivity contribution in [3.05, 3.63) is 24.3 Å². The number of piperidine rings is 1. The molecule has 10 nitrogen and oxygen atoms in total. The van der Waals surface area contributed by atoms with Crippen molar-refractivity contribution < 1.29 is 13.2 Å². The Labute approximate surface area is 193 Å². The lowest BCUT2D eigenvalue weighted by atomic mass is 9.97. The Kier molecular flexibility index (Phi) is 5.83. The molecule has 3 aromatic rings. The number of anilines is 4. The summed E-state index contributed by atoms with van der Waals surface area (Å²) in [5.74, 6) is 1.50. The van der Waals surface area contributed by atoms with E-state index in [9.17, 15) is 8.42 Å². The van der Waals surface area contributed by atoms with Crippen LogP contribution in [0.15, 0.2) is 29.3 Å². The van der Waals surface area contributed by atoms with Crippen molar-refractivity contribution in [1.29, 1.82) is 0 Å². The van der Waals surface area contributed by atoms with Crippen molar-refractivity contribution >= 4 is 44.0 Å². The molecule has 0 radical (unpaired) electrons. The summed E-state index contributed by atoms with van der Waals surface area (Å²) >= 11 is 0. The van der Waals surface area contributed by atoms with Crippen molar-refractivity contribution in [2.75, 3.05) is 48.6 Å². The molecule has 2 aromatic heterocycles. The Morgan fingerprint density at radius 3 is 2.48 bits per heavy atom. The molecule has 33 heavy (non-hydrogen) atoms. The summed E-state index contributed by atoms with van der Waals surface area (Å²) in [5, 5.41) is 13.7. The van der Waals surface area contributed by atoms with E-state index in [1.807, 2.05) is 12.1 Å². The van der Waals surface area contributed by atoms with Gasteiger partial charge in [-0.3, -0.25) is 5.10 Å². The van der Waals surface area contributed by atoms with Gasteiger partial charge in [0, 0.05) is 50.5 Å². The van der Waals surface area contributed by atoms with Gasteiger partial charge in [-0.2, -0.15) is 15.1 Å². The summed E-state index contributed by atoms with van der Waals surface area (Å²) in [4.78, 5) is 11.4. The van der Waals surface area contributed by atoms with Crippen molar-refractivity contribution in [3.63, 3.8) is 0 Å². The molecule has 3 heterocycles. The fraction of sp³-hybridized carbons (Fsp3) is 0.500. The van der Waals surface area contributed by atoms with Crippen LogP contribution in [0.4, 0.5) is 23.1 Å². The van der Waals surface area contributed by atoms with Gasteiger partial charge in [0.25, 0.3) is 0 Å². The lowest BCUT2D eigenvalue weighted by Gasteiger charge is -2.33. The summed E-state index contributed by atoms with van der Waals surface area (Å²) in [6, 6.07) is 8.50. The molecular weight excluding hydrogens is 442 g/mol. The van der Waals surface area contributed by atoms with Crippen LogP contribution in [-0.4, -0.2) is 67.7 Å². The van der Waals surface area contributed by atoms with Gasteiger partial charge in [-0.1, -0.05) is 0 Å². The molecule has 2 fully saturated rings. The number of fused-ring (bicyclic) bond motifs is 1. The minimum Gasteiger partial charge on any atom is -0.384 e. The number of nitrogens with zero attached hydrogens (tertiary/aromatic N) is 4. The molecule has 3 N–H and O–H groups in total. The van der Waals surface area contributed by atoms with E-state index < -0.39 is 9.84 Å². The smallest absolute Gasteiger partial charge is 0.231 e. The highest BCUT2D eigenvalue weighted by atomic mass is 32.2. The van der Waals surface area contributed by atoms with Crippen molar-refractivity contribution in [1.82, 2.24) is 20.2 Å². The van der Waals surface area contributed by atoms with Gasteiger partial charge in [-0.25, -0.2) is 8.42 Å². The van der Waals surface area contributed by atoms with Crippen LogP contribution in [0.25, 0.3) is 11.0 Å². The van der Waals surface area contributed by atoms with Gasteiger partial charge in [0.1, 0.15) is 11.2 Å². The molecule has 2 aliphatic rings. The molecule has 1 saturated carbocycles. The molecule has 1 aromatic carbocycles. The average molecular weight is 472 g/mol. The number of H-pyrrole nitrogens is 1. The summed E-state index contributed by atoms with van der Waals surface area (Å²) in [7, 11) is -1.75. The maximum atomic E-state index is 12.2. The van der Waals surface area contributed by atoms with Gasteiger partial charge < -0.3 is 20.3 Å². The van der Waals surface area contributed by atoms with Crippen LogP contribution in [0.5, 0.6) is 0 Å². The van der Waals surface area contributed by atoms with E-state index in [-0.39, 0.29) is 5.03 Å². The molecule has 0 spiro atoms. The first-order chi connectivity index (χ1) is 15.9. The van der Waals surface area contributed by atoms with Crippen LogP contribution in [-0.2, 0) is 14.6 Å². The lowest BCUT2D eigenvalue weighted by molar-refractivity contribution is 0.139. The van der Waals surface area contributed by atoms with Crippen molar-refractivity contribution in [3.8, 4) is 0 Å². The number of nitrogens with one attached hydrogen (secondary N) is 3. The predicted octanol–water partition coefficient (Wildman–Crippen LogP) is 2.94. The number of rotatable bonds is 8. The zero-order chi connectivity index (χ0) is 23.0. The molecule has 11 heteroatoms. The van der Waals surface area contributed by atoms with Crippen LogP contribution in [0.2, 0.25) is 0 Å². The van der Waals surface area contributed by atoms with E-state index in [0.717, 1.165) is 57.3 Å². The standard InChI is InChI=1S/C22H29N7O3S/c1-32-13-14-9-11-29(12-10-14)17-7-5-16(6-8-17)24-22-25-19(23-15-3-4-15)18-20(26-22)27-28-21(18)33(2,30)31/h5-8,14-15H,3-4,9-13H2,1-2H3,(H3,23,24,25,26,27,28). The number of aromatic amines is 1. The van der Waals surface area contributed by atoms with Gasteiger partial charge in [-0.05, 0) is 55.9 Å². The average Bonchev–Trinajstić information content (AvgIpc) is 3.49. The molecule has 1 aliphatic heterocycles. The van der Waals surface area contributed by atoms with Gasteiger partial charge in [0.05, 0.1) is 0 Å². The zero-order valence-corrected chi connectivity index (χ0v) is 19.7. The summed E-state index contributed by atoms with van der Waals surface area (Å²) in [5.41, 5.74) is 2.43. The van der Waals surface area contributed by atoms with E-state index in [4.69, 9.17) is 4.74 Å². The Bertz CT molecular complexity index is 1230. The van der Waals surface area contributed by atoms with Gasteiger partial charge in [-0.15, -0.1) is 0 Å². The zero-order valence-electron chi connectivity index (χ0n) is 18.8. The monoisotopic (exact) mass is 471 g/mol. The molecular formula is C22H29N7O3S. The number of hydrogen-bond acceptors (Lipinski definition) is 9. The number of aromatic nitrogens is 4. The molecule has 0 unspecified atom stereocenters. The topological polar surface area (TPSA) is 125 Å². The molecule has 1 saturated heterocycles. The minimum atomic E-state index is -3.51. The van der Waals surface area contributed by atoms with E-state index in [1.165, 1.54) is 5.69 Å². The number of hydrogen-bond donors (Lipinski definition) is 3. The van der Waals surface area contributed by atoms with E-state index in [2.05, 4.69) is 47.8 Å². The first-order valence-electron chi connectivity index (χ1n) is 11.2. The van der Waals surface area contributed by atoms with Gasteiger partial charge >= 0.3 is 0 Å². The quantitative estimate of drug-likeness (QED) is 0.455. The SMILES string of the molecule is COCC1CCN(c2ccc(Nc3nc(NC4CC4)c4c(S(C)(=O)=O)n[nH]c4n3)cc2)CC1. The van der Waals surface area contributed by atoms with Crippen LogP contribution < -0.4 is 15.5 Å². The van der Waals surface area contributed by atoms with E-state index in [1.54, 1.807) is 7.11 Å².